The van der Waals surface area contributed by atoms with Crippen molar-refractivity contribution < 1.29 is 9.53 Å². The topological polar surface area (TPSA) is 62.7 Å². The average Bonchev–Trinajstić information content (AvgIpc) is 2.55. The normalized spacial score (nSPS) is 10.5. The van der Waals surface area contributed by atoms with Gasteiger partial charge in [-0.2, -0.15) is 5.10 Å². The summed E-state index contributed by atoms with van der Waals surface area (Å²) < 4.78 is 5.73. The Kier molecular flexibility index (Phi) is 9.63. The first-order valence-corrected chi connectivity index (χ1v) is 8.42. The molecule has 0 saturated heterocycles. The Hall–Kier alpha value is -1.95. The lowest BCUT2D eigenvalue weighted by atomic mass is 10.1. The van der Waals surface area contributed by atoms with Gasteiger partial charge in [-0.25, -0.2) is 0 Å². The predicted octanol–water partition coefficient (Wildman–Crippen LogP) is 3.30. The number of carbonyl (C=O) groups excluding carboxylic acids is 1. The van der Waals surface area contributed by atoms with Crippen molar-refractivity contribution in [3.63, 3.8) is 0 Å². The highest BCUT2D eigenvalue weighted by Crippen LogP contribution is 2.18. The van der Waals surface area contributed by atoms with Crippen molar-refractivity contribution in [1.29, 1.82) is 0 Å². The lowest BCUT2D eigenvalue weighted by molar-refractivity contribution is 0.106. The maximum Gasteiger partial charge on any atom is 0.209 e. The molecule has 0 bridgehead atoms. The molecule has 6 heteroatoms. The summed E-state index contributed by atoms with van der Waals surface area (Å²) in [5, 5.41) is 7.12. The molecule has 0 unspecified atom stereocenters. The van der Waals surface area contributed by atoms with Crippen molar-refractivity contribution in [2.75, 3.05) is 13.2 Å². The van der Waals surface area contributed by atoms with Crippen LogP contribution < -0.4 is 15.5 Å². The third-order valence-electron chi connectivity index (χ3n) is 3.09. The van der Waals surface area contributed by atoms with Crippen molar-refractivity contribution >= 4 is 29.3 Å². The van der Waals surface area contributed by atoms with Gasteiger partial charge in [-0.05, 0) is 37.7 Å². The molecule has 5 nitrogen and oxygen atoms in total. The van der Waals surface area contributed by atoms with Crippen LogP contribution in [0.1, 0.15) is 49.9 Å². The Morgan fingerprint density at radius 2 is 2.04 bits per heavy atom. The van der Waals surface area contributed by atoms with Crippen LogP contribution in [0.4, 0.5) is 0 Å². The van der Waals surface area contributed by atoms with E-state index in [-0.39, 0.29) is 5.78 Å². The monoisotopic (exact) mass is 335 g/mol. The minimum atomic E-state index is -0.221. The molecule has 0 atom stereocenters. The molecule has 0 aliphatic carbocycles. The molecule has 0 aromatic heterocycles. The van der Waals surface area contributed by atoms with Gasteiger partial charge in [0, 0.05) is 6.54 Å². The molecule has 0 fully saturated rings. The van der Waals surface area contributed by atoms with Crippen LogP contribution in [0.15, 0.2) is 29.4 Å². The van der Waals surface area contributed by atoms with Crippen molar-refractivity contribution in [2.24, 2.45) is 5.10 Å². The van der Waals surface area contributed by atoms with E-state index >= 15 is 0 Å². The molecule has 1 rings (SSSR count). The standard InChI is InChI=1S/C17H25N3O2S/c1-3-5-6-9-12-22-16-11-8-7-10-14(16)15(21)13-19-20-17(23)18-4-2/h7-8,10-11,13H,3-6,9,12H2,1-2H3,(H2,18,20,23)/b19-13+. The van der Waals surface area contributed by atoms with E-state index in [1.54, 1.807) is 12.1 Å². The highest BCUT2D eigenvalue weighted by Gasteiger charge is 2.10. The second kappa shape index (κ2) is 11.6. The van der Waals surface area contributed by atoms with Crippen LogP contribution in [0.5, 0.6) is 5.75 Å². The zero-order chi connectivity index (χ0) is 16.9. The van der Waals surface area contributed by atoms with Crippen molar-refractivity contribution in [3.8, 4) is 5.75 Å². The van der Waals surface area contributed by atoms with Gasteiger partial charge in [0.2, 0.25) is 5.78 Å². The molecule has 126 valence electrons. The maximum atomic E-state index is 12.2. The van der Waals surface area contributed by atoms with Gasteiger partial charge in [0.1, 0.15) is 5.75 Å². The summed E-state index contributed by atoms with van der Waals surface area (Å²) in [7, 11) is 0. The van der Waals surface area contributed by atoms with Crippen LogP contribution in [0, 0.1) is 0 Å². The lowest BCUT2D eigenvalue weighted by Gasteiger charge is -2.09. The van der Waals surface area contributed by atoms with Gasteiger partial charge >= 0.3 is 0 Å². The SMILES string of the molecule is CCCCCCOc1ccccc1C(=O)/C=N/NC(=S)NCC. The van der Waals surface area contributed by atoms with Crippen LogP contribution >= 0.6 is 12.2 Å². The number of hydrazone groups is 1. The van der Waals surface area contributed by atoms with E-state index in [2.05, 4.69) is 22.8 Å². The molecule has 0 amide bonds. The number of benzene rings is 1. The summed E-state index contributed by atoms with van der Waals surface area (Å²) >= 11 is 4.97. The fourth-order valence-corrected chi connectivity index (χ4v) is 2.12. The number of carbonyl (C=O) groups is 1. The third-order valence-corrected chi connectivity index (χ3v) is 3.33. The van der Waals surface area contributed by atoms with Crippen LogP contribution in [0.3, 0.4) is 0 Å². The minimum absolute atomic E-state index is 0.221. The Bertz CT molecular complexity index is 532. The van der Waals surface area contributed by atoms with Crippen LogP contribution in [-0.2, 0) is 0 Å². The van der Waals surface area contributed by atoms with Gasteiger partial charge in [-0.15, -0.1) is 0 Å². The highest BCUT2D eigenvalue weighted by molar-refractivity contribution is 7.80. The largest absolute Gasteiger partial charge is 0.493 e. The molecule has 1 aromatic rings. The van der Waals surface area contributed by atoms with E-state index < -0.39 is 0 Å². The zero-order valence-electron chi connectivity index (χ0n) is 13.8. The number of thiocarbonyl (C=S) groups is 1. The number of Topliss-reactive ketones (excluding diaryl/α,β-unsaturated/α-hetero) is 1. The van der Waals surface area contributed by atoms with Gasteiger partial charge in [-0.3, -0.25) is 10.2 Å². The predicted molar refractivity (Wildman–Crippen MR) is 98.3 cm³/mol. The van der Waals surface area contributed by atoms with Crippen LogP contribution in [0.25, 0.3) is 0 Å². The smallest absolute Gasteiger partial charge is 0.209 e. The number of para-hydroxylation sites is 1. The quantitative estimate of drug-likeness (QED) is 0.226. The van der Waals surface area contributed by atoms with Crippen LogP contribution in [0.2, 0.25) is 0 Å². The van der Waals surface area contributed by atoms with E-state index in [0.717, 1.165) is 12.8 Å². The average molecular weight is 335 g/mol. The molecule has 2 N–H and O–H groups in total. The van der Waals surface area contributed by atoms with Gasteiger partial charge in [0.05, 0.1) is 18.4 Å². The van der Waals surface area contributed by atoms with Crippen molar-refractivity contribution in [3.05, 3.63) is 29.8 Å². The summed E-state index contributed by atoms with van der Waals surface area (Å²) in [4.78, 5) is 12.2. The number of hydrogen-bond donors (Lipinski definition) is 2. The summed E-state index contributed by atoms with van der Waals surface area (Å²) in [5.41, 5.74) is 3.10. The number of ketones is 1. The van der Waals surface area contributed by atoms with Gasteiger partial charge in [0.25, 0.3) is 0 Å². The molecule has 0 aliphatic heterocycles. The van der Waals surface area contributed by atoms with E-state index in [1.165, 1.54) is 19.1 Å². The molecule has 1 aromatic carbocycles. The number of ether oxygens (including phenoxy) is 1. The lowest BCUT2D eigenvalue weighted by Crippen LogP contribution is -2.31. The molecular formula is C17H25N3O2S. The number of nitrogens with zero attached hydrogens (tertiary/aromatic N) is 1. The summed E-state index contributed by atoms with van der Waals surface area (Å²) in [5.74, 6) is 0.371. The number of unbranched alkanes of at least 4 members (excludes halogenated alkanes) is 3. The van der Waals surface area contributed by atoms with Crippen molar-refractivity contribution in [2.45, 2.75) is 39.5 Å². The first-order chi connectivity index (χ1) is 11.2. The second-order valence-electron chi connectivity index (χ2n) is 5.00. The fourth-order valence-electron chi connectivity index (χ4n) is 1.93. The Morgan fingerprint density at radius 1 is 1.26 bits per heavy atom. The van der Waals surface area contributed by atoms with Gasteiger partial charge < -0.3 is 10.1 Å². The summed E-state index contributed by atoms with van der Waals surface area (Å²) in [6, 6.07) is 7.20. The van der Waals surface area contributed by atoms with Crippen molar-refractivity contribution in [1.82, 2.24) is 10.7 Å². The summed E-state index contributed by atoms with van der Waals surface area (Å²) in [6.07, 6.45) is 5.73. The number of rotatable bonds is 10. The van der Waals surface area contributed by atoms with Gasteiger partial charge in [-0.1, -0.05) is 38.3 Å². The summed E-state index contributed by atoms with van der Waals surface area (Å²) in [6.45, 7) is 5.41. The molecule has 0 heterocycles. The highest BCUT2D eigenvalue weighted by atomic mass is 32.1. The molecule has 23 heavy (non-hydrogen) atoms. The Balaban J connectivity index is 2.56. The molecule has 0 spiro atoms. The number of nitrogens with one attached hydrogen (secondary N) is 2. The Labute approximate surface area is 143 Å². The molecule has 0 saturated carbocycles. The van der Waals surface area contributed by atoms with Crippen LogP contribution in [-0.4, -0.2) is 30.3 Å². The van der Waals surface area contributed by atoms with E-state index in [4.69, 9.17) is 17.0 Å². The van der Waals surface area contributed by atoms with E-state index in [1.807, 2.05) is 19.1 Å². The van der Waals surface area contributed by atoms with Gasteiger partial charge in [0.15, 0.2) is 5.11 Å². The molecule has 0 aliphatic rings. The van der Waals surface area contributed by atoms with E-state index in [9.17, 15) is 4.79 Å². The maximum absolute atomic E-state index is 12.2. The first-order valence-electron chi connectivity index (χ1n) is 8.02. The zero-order valence-corrected chi connectivity index (χ0v) is 14.6. The number of hydrogen-bond acceptors (Lipinski definition) is 4. The molecular weight excluding hydrogens is 310 g/mol. The minimum Gasteiger partial charge on any atom is -0.493 e. The van der Waals surface area contributed by atoms with E-state index in [0.29, 0.717) is 29.6 Å². The third kappa shape index (κ3) is 7.74. The molecule has 0 radical (unpaired) electrons. The Morgan fingerprint density at radius 3 is 2.78 bits per heavy atom. The first kappa shape index (κ1) is 19.1. The fraction of sp³-hybridized carbons (Fsp3) is 0.471. The second-order valence-corrected chi connectivity index (χ2v) is 5.41.